The summed E-state index contributed by atoms with van der Waals surface area (Å²) in [4.78, 5) is 6.21. The van der Waals surface area contributed by atoms with E-state index in [1.807, 2.05) is 36.0 Å². The largest absolute Gasteiger partial charge is 0.381 e. The predicted octanol–water partition coefficient (Wildman–Crippen LogP) is 2.87. The van der Waals surface area contributed by atoms with Gasteiger partial charge in [-0.25, -0.2) is 4.98 Å². The lowest BCUT2D eigenvalue weighted by molar-refractivity contribution is 0.219. The number of halogens is 1. The van der Waals surface area contributed by atoms with Crippen molar-refractivity contribution in [1.29, 1.82) is 0 Å². The Bertz CT molecular complexity index is 706. The Morgan fingerprint density at radius 2 is 2.28 bits per heavy atom. The number of nitrogens with zero attached hydrogens (tertiary/aromatic N) is 3. The molecule has 0 aliphatic heterocycles. The molecule has 0 fully saturated rings. The summed E-state index contributed by atoms with van der Waals surface area (Å²) in [6.07, 6.45) is 1.11. The van der Waals surface area contributed by atoms with Crippen LogP contribution in [0.25, 0.3) is 10.2 Å². The Kier molecular flexibility index (Phi) is 2.93. The van der Waals surface area contributed by atoms with Crippen LogP contribution < -0.4 is 0 Å². The number of pyridine rings is 1. The molecule has 0 spiro atoms. The highest BCUT2D eigenvalue weighted by Gasteiger charge is 2.16. The number of aromatic nitrogens is 3. The van der Waals surface area contributed by atoms with Crippen molar-refractivity contribution in [3.05, 3.63) is 45.6 Å². The summed E-state index contributed by atoms with van der Waals surface area (Å²) < 4.78 is 2.53. The Morgan fingerprint density at radius 1 is 1.44 bits per heavy atom. The number of hydrogen-bond donors (Lipinski definition) is 1. The van der Waals surface area contributed by atoms with E-state index in [9.17, 15) is 5.11 Å². The fraction of sp³-hybridized carbons (Fsp3) is 0.167. The van der Waals surface area contributed by atoms with Crippen molar-refractivity contribution in [3.8, 4) is 0 Å². The van der Waals surface area contributed by atoms with E-state index in [4.69, 9.17) is 0 Å². The number of thiophene rings is 1. The standard InChI is InChI=1S/C12H10BrN3OS/c1-16-12-7(6-14-16)5-9(18-12)11(17)8-3-2-4-10(13)15-8/h2-6,11,17H,1H3. The van der Waals surface area contributed by atoms with E-state index in [1.165, 1.54) is 11.3 Å². The molecular weight excluding hydrogens is 314 g/mol. The minimum atomic E-state index is -0.695. The van der Waals surface area contributed by atoms with E-state index in [0.717, 1.165) is 19.7 Å². The lowest BCUT2D eigenvalue weighted by atomic mass is 10.2. The molecule has 1 N–H and O–H groups in total. The molecule has 1 unspecified atom stereocenters. The van der Waals surface area contributed by atoms with Crippen LogP contribution in [0.3, 0.4) is 0 Å². The summed E-state index contributed by atoms with van der Waals surface area (Å²) in [5, 5.41) is 15.5. The quantitative estimate of drug-likeness (QED) is 0.738. The van der Waals surface area contributed by atoms with Crippen molar-refractivity contribution in [1.82, 2.24) is 14.8 Å². The van der Waals surface area contributed by atoms with Crippen molar-refractivity contribution in [3.63, 3.8) is 0 Å². The van der Waals surface area contributed by atoms with Gasteiger partial charge in [0.25, 0.3) is 0 Å². The molecule has 3 rings (SSSR count). The van der Waals surface area contributed by atoms with Gasteiger partial charge in [0.1, 0.15) is 15.5 Å². The maximum Gasteiger partial charge on any atom is 0.130 e. The number of aliphatic hydroxyl groups excluding tert-OH is 1. The first-order valence-electron chi connectivity index (χ1n) is 5.37. The van der Waals surface area contributed by atoms with E-state index in [0.29, 0.717) is 5.69 Å². The van der Waals surface area contributed by atoms with E-state index >= 15 is 0 Å². The Morgan fingerprint density at radius 3 is 3.00 bits per heavy atom. The van der Waals surface area contributed by atoms with Crippen LogP contribution in [0.5, 0.6) is 0 Å². The molecule has 18 heavy (non-hydrogen) atoms. The summed E-state index contributed by atoms with van der Waals surface area (Å²) in [5.74, 6) is 0. The smallest absolute Gasteiger partial charge is 0.130 e. The van der Waals surface area contributed by atoms with Crippen LogP contribution in [0, 0.1) is 0 Å². The van der Waals surface area contributed by atoms with Crippen molar-refractivity contribution in [2.75, 3.05) is 0 Å². The fourth-order valence-electron chi connectivity index (χ4n) is 1.82. The van der Waals surface area contributed by atoms with Gasteiger partial charge in [0.2, 0.25) is 0 Å². The second-order valence-electron chi connectivity index (χ2n) is 3.97. The molecular formula is C12H10BrN3OS. The fourth-order valence-corrected chi connectivity index (χ4v) is 3.23. The van der Waals surface area contributed by atoms with E-state index in [2.05, 4.69) is 26.0 Å². The van der Waals surface area contributed by atoms with Crippen LogP contribution in [-0.4, -0.2) is 19.9 Å². The van der Waals surface area contributed by atoms with Crippen LogP contribution >= 0.6 is 27.3 Å². The minimum Gasteiger partial charge on any atom is -0.381 e. The van der Waals surface area contributed by atoms with Gasteiger partial charge in [0.05, 0.1) is 11.9 Å². The molecule has 0 aromatic carbocycles. The zero-order valence-electron chi connectivity index (χ0n) is 9.54. The number of aryl methyl sites for hydroxylation is 1. The maximum atomic E-state index is 10.3. The number of aliphatic hydroxyl groups is 1. The van der Waals surface area contributed by atoms with Crippen molar-refractivity contribution in [2.45, 2.75) is 6.10 Å². The second kappa shape index (κ2) is 4.46. The Labute approximate surface area is 116 Å². The molecule has 6 heteroatoms. The molecule has 3 aromatic heterocycles. The van der Waals surface area contributed by atoms with Gasteiger partial charge in [-0.3, -0.25) is 4.68 Å². The van der Waals surface area contributed by atoms with Gasteiger partial charge >= 0.3 is 0 Å². The zero-order chi connectivity index (χ0) is 12.7. The second-order valence-corrected chi connectivity index (χ2v) is 5.84. The number of rotatable bonds is 2. The van der Waals surface area contributed by atoms with E-state index < -0.39 is 6.10 Å². The molecule has 0 saturated heterocycles. The van der Waals surface area contributed by atoms with Gasteiger partial charge in [0, 0.05) is 17.3 Å². The van der Waals surface area contributed by atoms with Gasteiger partial charge in [-0.1, -0.05) is 6.07 Å². The Hall–Kier alpha value is -1.24. The van der Waals surface area contributed by atoms with Gasteiger partial charge < -0.3 is 5.11 Å². The van der Waals surface area contributed by atoms with Crippen LogP contribution in [0.15, 0.2) is 35.1 Å². The molecule has 0 radical (unpaired) electrons. The first kappa shape index (κ1) is 11.8. The monoisotopic (exact) mass is 323 g/mol. The lowest BCUT2D eigenvalue weighted by Gasteiger charge is -2.07. The molecule has 0 saturated carbocycles. The van der Waals surface area contributed by atoms with Gasteiger partial charge in [-0.2, -0.15) is 5.10 Å². The third-order valence-electron chi connectivity index (χ3n) is 2.71. The Balaban J connectivity index is 2.03. The normalized spacial score (nSPS) is 13.1. The molecule has 0 aliphatic carbocycles. The van der Waals surface area contributed by atoms with E-state index in [-0.39, 0.29) is 0 Å². The molecule has 0 bridgehead atoms. The molecule has 0 aliphatic rings. The summed E-state index contributed by atoms with van der Waals surface area (Å²) >= 11 is 4.84. The summed E-state index contributed by atoms with van der Waals surface area (Å²) in [6, 6.07) is 7.48. The number of hydrogen-bond acceptors (Lipinski definition) is 4. The average molecular weight is 324 g/mol. The predicted molar refractivity (Wildman–Crippen MR) is 74.6 cm³/mol. The number of fused-ring (bicyclic) bond motifs is 1. The van der Waals surface area contributed by atoms with Crippen LogP contribution in [0.4, 0.5) is 0 Å². The first-order chi connectivity index (χ1) is 8.65. The average Bonchev–Trinajstić information content (AvgIpc) is 2.91. The highest BCUT2D eigenvalue weighted by atomic mass is 79.9. The molecule has 3 heterocycles. The molecule has 92 valence electrons. The van der Waals surface area contributed by atoms with Crippen molar-refractivity contribution < 1.29 is 5.11 Å². The minimum absolute atomic E-state index is 0.642. The summed E-state index contributed by atoms with van der Waals surface area (Å²) in [5.41, 5.74) is 0.642. The SMILES string of the molecule is Cn1ncc2cc(C(O)c3cccc(Br)n3)sc21. The lowest BCUT2D eigenvalue weighted by Crippen LogP contribution is -2.00. The maximum absolute atomic E-state index is 10.3. The highest BCUT2D eigenvalue weighted by molar-refractivity contribution is 9.10. The van der Waals surface area contributed by atoms with Crippen LogP contribution in [-0.2, 0) is 7.05 Å². The highest BCUT2D eigenvalue weighted by Crippen LogP contribution is 2.32. The van der Waals surface area contributed by atoms with Gasteiger partial charge in [-0.15, -0.1) is 11.3 Å². The van der Waals surface area contributed by atoms with Gasteiger partial charge in [0.15, 0.2) is 0 Å². The van der Waals surface area contributed by atoms with Crippen molar-refractivity contribution in [2.24, 2.45) is 7.05 Å². The summed E-state index contributed by atoms with van der Waals surface area (Å²) in [7, 11) is 1.90. The third kappa shape index (κ3) is 1.96. The topological polar surface area (TPSA) is 50.9 Å². The van der Waals surface area contributed by atoms with E-state index in [1.54, 1.807) is 6.20 Å². The first-order valence-corrected chi connectivity index (χ1v) is 6.98. The molecule has 4 nitrogen and oxygen atoms in total. The molecule has 0 amide bonds. The van der Waals surface area contributed by atoms with Crippen molar-refractivity contribution >= 4 is 37.5 Å². The van der Waals surface area contributed by atoms with Crippen LogP contribution in [0.1, 0.15) is 16.7 Å². The molecule has 1 atom stereocenters. The summed E-state index contributed by atoms with van der Waals surface area (Å²) in [6.45, 7) is 0. The molecule has 3 aromatic rings. The van der Waals surface area contributed by atoms with Gasteiger partial charge in [-0.05, 0) is 34.1 Å². The zero-order valence-corrected chi connectivity index (χ0v) is 11.9. The van der Waals surface area contributed by atoms with Crippen LogP contribution in [0.2, 0.25) is 0 Å². The third-order valence-corrected chi connectivity index (χ3v) is 4.42.